The zero-order chi connectivity index (χ0) is 13.0. The molecule has 0 aliphatic heterocycles. The van der Waals surface area contributed by atoms with Crippen molar-refractivity contribution in [2.75, 3.05) is 0 Å². The lowest BCUT2D eigenvalue weighted by Gasteiger charge is -2.11. The van der Waals surface area contributed by atoms with Crippen LogP contribution in [0.1, 0.15) is 23.9 Å². The normalized spacial score (nSPS) is 10.4. The Hall–Kier alpha value is -1.90. The summed E-state index contributed by atoms with van der Waals surface area (Å²) in [6, 6.07) is 11.1. The second-order valence-corrected chi connectivity index (χ2v) is 4.15. The Morgan fingerprint density at radius 1 is 1.22 bits per heavy atom. The van der Waals surface area contributed by atoms with Crippen LogP contribution in [0, 0.1) is 12.7 Å². The van der Waals surface area contributed by atoms with Crippen LogP contribution >= 0.6 is 0 Å². The molecule has 2 aromatic rings. The molecule has 0 aliphatic rings. The van der Waals surface area contributed by atoms with Gasteiger partial charge < -0.3 is 4.74 Å². The molecule has 3 heteroatoms. The monoisotopic (exact) mass is 245 g/mol. The molecule has 0 radical (unpaired) electrons. The van der Waals surface area contributed by atoms with Crippen molar-refractivity contribution in [2.24, 2.45) is 0 Å². The first-order valence-electron chi connectivity index (χ1n) is 6.03. The van der Waals surface area contributed by atoms with Gasteiger partial charge >= 0.3 is 0 Å². The molecule has 18 heavy (non-hydrogen) atoms. The van der Waals surface area contributed by atoms with E-state index in [9.17, 15) is 4.39 Å². The number of aromatic nitrogens is 1. The lowest BCUT2D eigenvalue weighted by atomic mass is 10.2. The summed E-state index contributed by atoms with van der Waals surface area (Å²) in [7, 11) is 0. The van der Waals surface area contributed by atoms with Gasteiger partial charge in [0, 0.05) is 5.69 Å². The summed E-state index contributed by atoms with van der Waals surface area (Å²) in [6.07, 6.45) is 0.655. The van der Waals surface area contributed by atoms with Crippen molar-refractivity contribution in [3.05, 3.63) is 59.2 Å². The van der Waals surface area contributed by atoms with Crippen molar-refractivity contribution in [2.45, 2.75) is 26.9 Å². The second kappa shape index (κ2) is 5.63. The van der Waals surface area contributed by atoms with Gasteiger partial charge in [-0.1, -0.05) is 37.3 Å². The van der Waals surface area contributed by atoms with E-state index < -0.39 is 0 Å². The minimum absolute atomic E-state index is 0.270. The molecule has 0 fully saturated rings. The smallest absolute Gasteiger partial charge is 0.176 e. The van der Waals surface area contributed by atoms with Crippen LogP contribution in [-0.4, -0.2) is 4.98 Å². The molecule has 0 N–H and O–H groups in total. The van der Waals surface area contributed by atoms with Crippen LogP contribution in [0.15, 0.2) is 36.4 Å². The molecular formula is C15H16FNO. The third kappa shape index (κ3) is 2.86. The molecule has 0 unspecified atom stereocenters. The Morgan fingerprint density at radius 3 is 2.61 bits per heavy atom. The Kier molecular flexibility index (Phi) is 3.92. The van der Waals surface area contributed by atoms with E-state index in [2.05, 4.69) is 4.98 Å². The molecule has 1 aromatic heterocycles. The second-order valence-electron chi connectivity index (χ2n) is 4.15. The molecule has 0 aliphatic carbocycles. The van der Waals surface area contributed by atoms with Gasteiger partial charge in [-0.15, -0.1) is 0 Å². The van der Waals surface area contributed by atoms with E-state index in [0.29, 0.717) is 24.4 Å². The number of ether oxygens (including phenoxy) is 1. The molecular weight excluding hydrogens is 229 g/mol. The highest BCUT2D eigenvalue weighted by Crippen LogP contribution is 2.23. The molecule has 94 valence electrons. The van der Waals surface area contributed by atoms with E-state index in [1.54, 1.807) is 6.92 Å². The van der Waals surface area contributed by atoms with E-state index in [-0.39, 0.29) is 11.6 Å². The fourth-order valence-electron chi connectivity index (χ4n) is 1.80. The minimum Gasteiger partial charge on any atom is -0.484 e. The Balaban J connectivity index is 2.19. The first-order chi connectivity index (χ1) is 8.70. The fourth-order valence-corrected chi connectivity index (χ4v) is 1.80. The van der Waals surface area contributed by atoms with Crippen molar-refractivity contribution < 1.29 is 9.13 Å². The van der Waals surface area contributed by atoms with E-state index in [0.717, 1.165) is 5.56 Å². The van der Waals surface area contributed by atoms with Crippen LogP contribution in [0.5, 0.6) is 5.75 Å². The van der Waals surface area contributed by atoms with Crippen molar-refractivity contribution in [3.63, 3.8) is 0 Å². The number of benzene rings is 1. The zero-order valence-electron chi connectivity index (χ0n) is 10.6. The van der Waals surface area contributed by atoms with Gasteiger partial charge in [-0.25, -0.2) is 4.39 Å². The molecule has 0 saturated heterocycles. The molecule has 0 bridgehead atoms. The molecule has 0 spiro atoms. The first-order valence-corrected chi connectivity index (χ1v) is 6.03. The number of pyridine rings is 1. The number of hydrogen-bond acceptors (Lipinski definition) is 2. The minimum atomic E-state index is -0.338. The third-order valence-corrected chi connectivity index (χ3v) is 2.69. The molecule has 0 amide bonds. The molecule has 2 nitrogen and oxygen atoms in total. The summed E-state index contributed by atoms with van der Waals surface area (Å²) >= 11 is 0. The van der Waals surface area contributed by atoms with Gasteiger partial charge in [-0.05, 0) is 25.0 Å². The van der Waals surface area contributed by atoms with E-state index in [4.69, 9.17) is 4.74 Å². The van der Waals surface area contributed by atoms with Gasteiger partial charge in [-0.2, -0.15) is 0 Å². The van der Waals surface area contributed by atoms with E-state index in [1.165, 1.54) is 6.07 Å². The van der Waals surface area contributed by atoms with Crippen LogP contribution in [0.25, 0.3) is 0 Å². The average molecular weight is 245 g/mol. The van der Waals surface area contributed by atoms with Crippen molar-refractivity contribution in [1.29, 1.82) is 0 Å². The predicted molar refractivity (Wildman–Crippen MR) is 69.1 cm³/mol. The lowest BCUT2D eigenvalue weighted by molar-refractivity contribution is 0.285. The van der Waals surface area contributed by atoms with Crippen LogP contribution in [-0.2, 0) is 13.0 Å². The Morgan fingerprint density at radius 2 is 1.94 bits per heavy atom. The summed E-state index contributed by atoms with van der Waals surface area (Å²) in [5, 5.41) is 0. The summed E-state index contributed by atoms with van der Waals surface area (Å²) in [5.74, 6) is -0.0674. The van der Waals surface area contributed by atoms with Gasteiger partial charge in [0.15, 0.2) is 11.6 Å². The van der Waals surface area contributed by atoms with Gasteiger partial charge in [0.2, 0.25) is 0 Å². The quantitative estimate of drug-likeness (QED) is 0.820. The number of nitrogens with zero attached hydrogens (tertiary/aromatic N) is 1. The topological polar surface area (TPSA) is 22.1 Å². The zero-order valence-corrected chi connectivity index (χ0v) is 10.6. The number of hydrogen-bond donors (Lipinski definition) is 0. The van der Waals surface area contributed by atoms with Crippen molar-refractivity contribution in [3.8, 4) is 5.75 Å². The molecule has 1 heterocycles. The SMILES string of the molecule is CCc1nc(C)cc(F)c1OCc1ccccc1. The number of aryl methyl sites for hydroxylation is 2. The van der Waals surface area contributed by atoms with Crippen molar-refractivity contribution in [1.82, 2.24) is 4.98 Å². The highest BCUT2D eigenvalue weighted by molar-refractivity contribution is 5.31. The third-order valence-electron chi connectivity index (χ3n) is 2.69. The maximum absolute atomic E-state index is 13.8. The average Bonchev–Trinajstić information content (AvgIpc) is 2.38. The van der Waals surface area contributed by atoms with Crippen LogP contribution in [0.3, 0.4) is 0 Å². The molecule has 0 atom stereocenters. The predicted octanol–water partition coefficient (Wildman–Crippen LogP) is 3.67. The lowest BCUT2D eigenvalue weighted by Crippen LogP contribution is -2.03. The summed E-state index contributed by atoms with van der Waals surface area (Å²) in [6.45, 7) is 4.08. The van der Waals surface area contributed by atoms with Gasteiger partial charge in [0.25, 0.3) is 0 Å². The van der Waals surface area contributed by atoms with E-state index >= 15 is 0 Å². The number of rotatable bonds is 4. The maximum atomic E-state index is 13.8. The molecule has 2 rings (SSSR count). The van der Waals surface area contributed by atoms with Gasteiger partial charge in [0.05, 0.1) is 5.69 Å². The highest BCUT2D eigenvalue weighted by Gasteiger charge is 2.11. The Labute approximate surface area is 106 Å². The van der Waals surface area contributed by atoms with Crippen LogP contribution < -0.4 is 4.74 Å². The molecule has 1 aromatic carbocycles. The van der Waals surface area contributed by atoms with Crippen LogP contribution in [0.4, 0.5) is 4.39 Å². The maximum Gasteiger partial charge on any atom is 0.176 e. The molecule has 0 saturated carbocycles. The van der Waals surface area contributed by atoms with Gasteiger partial charge in [0.1, 0.15) is 6.61 Å². The van der Waals surface area contributed by atoms with Crippen molar-refractivity contribution >= 4 is 0 Å². The summed E-state index contributed by atoms with van der Waals surface area (Å²) < 4.78 is 19.4. The summed E-state index contributed by atoms with van der Waals surface area (Å²) in [5.41, 5.74) is 2.36. The standard InChI is InChI=1S/C15H16FNO/c1-3-14-15(13(16)9-11(2)17-14)18-10-12-7-5-4-6-8-12/h4-9H,3,10H2,1-2H3. The summed E-state index contributed by atoms with van der Waals surface area (Å²) in [4.78, 5) is 4.30. The fraction of sp³-hybridized carbons (Fsp3) is 0.267. The largest absolute Gasteiger partial charge is 0.484 e. The van der Waals surface area contributed by atoms with Crippen LogP contribution in [0.2, 0.25) is 0 Å². The van der Waals surface area contributed by atoms with Gasteiger partial charge in [-0.3, -0.25) is 4.98 Å². The number of halogens is 1. The van der Waals surface area contributed by atoms with E-state index in [1.807, 2.05) is 37.3 Å². The first kappa shape index (κ1) is 12.6. The highest BCUT2D eigenvalue weighted by atomic mass is 19.1. The Bertz CT molecular complexity index is 526.